The molecular weight excluding hydrogens is 439 g/mol. The lowest BCUT2D eigenvalue weighted by atomic mass is 10.2. The van der Waals surface area contributed by atoms with Crippen LogP contribution in [-0.4, -0.2) is 41.2 Å². The molecule has 0 aliphatic rings. The average Bonchev–Trinajstić information content (AvgIpc) is 3.49. The van der Waals surface area contributed by atoms with E-state index in [4.69, 9.17) is 39.3 Å². The van der Waals surface area contributed by atoms with Crippen molar-refractivity contribution in [3.63, 3.8) is 0 Å². The topological polar surface area (TPSA) is 131 Å². The molecule has 2 heterocycles. The van der Waals surface area contributed by atoms with E-state index in [0.717, 1.165) is 11.3 Å². The van der Waals surface area contributed by atoms with Crippen LogP contribution in [0.5, 0.6) is 0 Å². The maximum atomic E-state index is 8.87. The van der Waals surface area contributed by atoms with Crippen molar-refractivity contribution in [3.8, 4) is 17.4 Å². The first-order valence-electron chi connectivity index (χ1n) is 9.03. The molecule has 160 valence electrons. The Bertz CT molecular complexity index is 1110. The van der Waals surface area contributed by atoms with E-state index in [-0.39, 0.29) is 6.61 Å². The van der Waals surface area contributed by atoms with Crippen LogP contribution in [0, 0.1) is 11.3 Å². The molecular formula is C20H20Cl2N8O. The van der Waals surface area contributed by atoms with Crippen molar-refractivity contribution in [3.05, 3.63) is 82.9 Å². The second-order valence-corrected chi connectivity index (χ2v) is 6.62. The Kier molecular flexibility index (Phi) is 9.61. The molecule has 0 amide bonds. The van der Waals surface area contributed by atoms with Crippen LogP contribution in [0.3, 0.4) is 0 Å². The largest absolute Gasteiger partial charge is 0.397 e. The number of hydrogen-bond donors (Lipinski definition) is 2. The van der Waals surface area contributed by atoms with Crippen LogP contribution >= 0.6 is 23.2 Å². The molecule has 0 atom stereocenters. The van der Waals surface area contributed by atoms with Crippen LogP contribution in [0.25, 0.3) is 11.4 Å². The third kappa shape index (κ3) is 6.87. The van der Waals surface area contributed by atoms with Crippen molar-refractivity contribution in [2.24, 2.45) is 5.73 Å². The van der Waals surface area contributed by atoms with Gasteiger partial charge in [0, 0.05) is 23.2 Å². The molecule has 9 nitrogen and oxygen atoms in total. The summed E-state index contributed by atoms with van der Waals surface area (Å²) in [6.07, 6.45) is 6.05. The number of nitriles is 1. The molecule has 0 radical (unpaired) electrons. The van der Waals surface area contributed by atoms with Gasteiger partial charge in [0.2, 0.25) is 0 Å². The summed E-state index contributed by atoms with van der Waals surface area (Å²) in [5, 5.41) is 25.6. The number of halogens is 2. The lowest BCUT2D eigenvalue weighted by Gasteiger charge is -2.06. The molecule has 0 unspecified atom stereocenters. The molecule has 0 fully saturated rings. The van der Waals surface area contributed by atoms with E-state index in [0.29, 0.717) is 27.8 Å². The number of rotatable bonds is 3. The van der Waals surface area contributed by atoms with Crippen LogP contribution in [0.2, 0.25) is 10.0 Å². The Labute approximate surface area is 189 Å². The quantitative estimate of drug-likeness (QED) is 0.481. The maximum Gasteiger partial charge on any atom is 0.138 e. The first-order chi connectivity index (χ1) is 15.0. The third-order valence-corrected chi connectivity index (χ3v) is 4.14. The Balaban J connectivity index is 0.000000196. The Hall–Kier alpha value is -3.29. The van der Waals surface area contributed by atoms with Gasteiger partial charge in [0.05, 0.1) is 16.9 Å². The molecule has 2 aromatic heterocycles. The minimum Gasteiger partial charge on any atom is -0.397 e. The molecule has 31 heavy (non-hydrogen) atoms. The van der Waals surface area contributed by atoms with Gasteiger partial charge >= 0.3 is 0 Å². The minimum absolute atomic E-state index is 0.250. The predicted octanol–water partition coefficient (Wildman–Crippen LogP) is 3.17. The number of nitrogens with zero attached hydrogens (tertiary/aromatic N) is 7. The van der Waals surface area contributed by atoms with E-state index in [9.17, 15) is 0 Å². The fourth-order valence-corrected chi connectivity index (χ4v) is 2.77. The van der Waals surface area contributed by atoms with Crippen molar-refractivity contribution in [2.75, 3.05) is 6.61 Å². The predicted molar refractivity (Wildman–Crippen MR) is 118 cm³/mol. The molecule has 2 aromatic carbocycles. The van der Waals surface area contributed by atoms with Gasteiger partial charge in [-0.05, 0) is 48.9 Å². The number of aliphatic hydroxyl groups is 1. The Morgan fingerprint density at radius 1 is 0.968 bits per heavy atom. The molecule has 0 saturated carbocycles. The van der Waals surface area contributed by atoms with Crippen LogP contribution in [0.4, 0.5) is 0 Å². The maximum absolute atomic E-state index is 8.87. The summed E-state index contributed by atoms with van der Waals surface area (Å²) in [5.41, 5.74) is 8.61. The normalized spacial score (nSPS) is 9.68. The van der Waals surface area contributed by atoms with Gasteiger partial charge in [-0.1, -0.05) is 23.2 Å². The summed E-state index contributed by atoms with van der Waals surface area (Å²) in [6, 6.07) is 12.6. The van der Waals surface area contributed by atoms with Crippen LogP contribution in [-0.2, 0) is 6.54 Å². The number of aliphatic hydroxyl groups excluding tert-OH is 1. The van der Waals surface area contributed by atoms with Gasteiger partial charge in [0.25, 0.3) is 0 Å². The van der Waals surface area contributed by atoms with Crippen LogP contribution in [0.15, 0.2) is 61.7 Å². The number of nitrogens with two attached hydrogens (primary N) is 1. The van der Waals surface area contributed by atoms with E-state index < -0.39 is 0 Å². The van der Waals surface area contributed by atoms with E-state index in [1.807, 2.05) is 12.1 Å². The Morgan fingerprint density at radius 2 is 1.48 bits per heavy atom. The van der Waals surface area contributed by atoms with Gasteiger partial charge in [-0.25, -0.2) is 19.3 Å². The molecule has 4 aromatic rings. The molecule has 3 N–H and O–H groups in total. The zero-order valence-corrected chi connectivity index (χ0v) is 18.1. The number of aromatic nitrogens is 6. The summed E-state index contributed by atoms with van der Waals surface area (Å²) >= 11 is 11.6. The highest BCUT2D eigenvalue weighted by atomic mass is 35.5. The van der Waals surface area contributed by atoms with Crippen molar-refractivity contribution < 1.29 is 5.11 Å². The number of hydrogen-bond acceptors (Lipinski definition) is 7. The van der Waals surface area contributed by atoms with Crippen molar-refractivity contribution in [1.82, 2.24) is 29.5 Å². The van der Waals surface area contributed by atoms with Crippen molar-refractivity contribution >= 4 is 23.2 Å². The average molecular weight is 459 g/mol. The zero-order chi connectivity index (χ0) is 22.6. The van der Waals surface area contributed by atoms with Crippen LogP contribution < -0.4 is 5.73 Å². The van der Waals surface area contributed by atoms with E-state index >= 15 is 0 Å². The van der Waals surface area contributed by atoms with Gasteiger partial charge in [0.15, 0.2) is 0 Å². The minimum atomic E-state index is 0.250. The zero-order valence-electron chi connectivity index (χ0n) is 16.6. The van der Waals surface area contributed by atoms with Gasteiger partial charge in [-0.3, -0.25) is 0 Å². The smallest absolute Gasteiger partial charge is 0.138 e. The summed E-state index contributed by atoms with van der Waals surface area (Å²) in [4.78, 5) is 7.68. The first kappa shape index (κ1) is 24.0. The molecule has 0 aliphatic heterocycles. The van der Waals surface area contributed by atoms with E-state index in [1.165, 1.54) is 23.7 Å². The molecule has 0 bridgehead atoms. The second kappa shape index (κ2) is 12.4. The van der Waals surface area contributed by atoms with Gasteiger partial charge in [0.1, 0.15) is 31.4 Å². The molecule has 11 heteroatoms. The highest BCUT2D eigenvalue weighted by Crippen LogP contribution is 2.19. The standard InChI is InChI=1S/C9H9ClN4.C9H5ClN4.C2H6O/c2*10-8-1-2-9(7(3-8)4-11)14-6-12-5-13-14;1-2-3/h1-3,5-6H,4,11H2;1-3,5-6H;3H,2H2,1H3. The number of benzene rings is 2. The molecule has 0 aliphatic carbocycles. The summed E-state index contributed by atoms with van der Waals surface area (Å²) in [6.45, 7) is 2.36. The first-order valence-corrected chi connectivity index (χ1v) is 9.78. The van der Waals surface area contributed by atoms with Gasteiger partial charge in [-0.15, -0.1) is 0 Å². The second-order valence-electron chi connectivity index (χ2n) is 5.75. The van der Waals surface area contributed by atoms with Crippen molar-refractivity contribution in [1.29, 1.82) is 5.26 Å². The highest BCUT2D eigenvalue weighted by molar-refractivity contribution is 6.31. The SMILES string of the molecule is CCO.N#Cc1cc(Cl)ccc1-n1cncn1.NCc1cc(Cl)ccc1-n1cncn1. The van der Waals surface area contributed by atoms with Gasteiger partial charge < -0.3 is 10.8 Å². The third-order valence-electron chi connectivity index (χ3n) is 3.67. The lowest BCUT2D eigenvalue weighted by molar-refractivity contribution is 0.318. The highest BCUT2D eigenvalue weighted by Gasteiger charge is 2.05. The fraction of sp³-hybridized carbons (Fsp3) is 0.150. The van der Waals surface area contributed by atoms with Gasteiger partial charge in [-0.2, -0.15) is 15.5 Å². The molecule has 0 spiro atoms. The summed E-state index contributed by atoms with van der Waals surface area (Å²) < 4.78 is 3.19. The van der Waals surface area contributed by atoms with Crippen LogP contribution in [0.1, 0.15) is 18.1 Å². The lowest BCUT2D eigenvalue weighted by Crippen LogP contribution is -2.04. The summed E-state index contributed by atoms with van der Waals surface area (Å²) in [5.74, 6) is 0. The van der Waals surface area contributed by atoms with E-state index in [2.05, 4.69) is 26.2 Å². The summed E-state index contributed by atoms with van der Waals surface area (Å²) in [7, 11) is 0. The van der Waals surface area contributed by atoms with E-state index in [1.54, 1.807) is 42.2 Å². The molecule has 4 rings (SSSR count). The van der Waals surface area contributed by atoms with Crippen molar-refractivity contribution in [2.45, 2.75) is 13.5 Å². The monoisotopic (exact) mass is 458 g/mol. The molecule has 0 saturated heterocycles. The Morgan fingerprint density at radius 3 is 1.97 bits per heavy atom. The fourth-order valence-electron chi connectivity index (χ4n) is 2.40.